The van der Waals surface area contributed by atoms with Crippen molar-refractivity contribution in [1.82, 2.24) is 25.9 Å². The van der Waals surface area contributed by atoms with E-state index in [2.05, 4.69) is 64.1 Å². The maximum absolute atomic E-state index is 4.00. The second kappa shape index (κ2) is 7.14. The average Bonchev–Trinajstić information content (AvgIpc) is 3.00. The molecule has 0 saturated heterocycles. The van der Waals surface area contributed by atoms with Crippen molar-refractivity contribution in [1.29, 1.82) is 0 Å². The van der Waals surface area contributed by atoms with Crippen molar-refractivity contribution in [3.63, 3.8) is 0 Å². The largest absolute Gasteiger partial charge is 0.301 e. The molecule has 0 radical (unpaired) electrons. The summed E-state index contributed by atoms with van der Waals surface area (Å²) in [7, 11) is 0. The highest BCUT2D eigenvalue weighted by Gasteiger charge is 2.14. The van der Waals surface area contributed by atoms with Gasteiger partial charge in [-0.05, 0) is 37.8 Å². The number of nitrogens with zero attached hydrogens (tertiary/aromatic N) is 3. The molecule has 20 heavy (non-hydrogen) atoms. The van der Waals surface area contributed by atoms with Crippen molar-refractivity contribution in [2.24, 2.45) is 0 Å². The second-order valence-corrected chi connectivity index (χ2v) is 5.23. The second-order valence-electron chi connectivity index (χ2n) is 5.23. The molecule has 0 fully saturated rings. The molecule has 0 amide bonds. The lowest BCUT2D eigenvalue weighted by Crippen LogP contribution is -2.23. The van der Waals surface area contributed by atoms with Crippen LogP contribution in [0.3, 0.4) is 0 Å². The van der Waals surface area contributed by atoms with Crippen molar-refractivity contribution in [2.45, 2.75) is 52.1 Å². The molecule has 2 rings (SSSR count). The van der Waals surface area contributed by atoms with Crippen LogP contribution in [0.15, 0.2) is 24.3 Å². The van der Waals surface area contributed by atoms with E-state index in [1.54, 1.807) is 0 Å². The van der Waals surface area contributed by atoms with Crippen LogP contribution in [0.5, 0.6) is 0 Å². The summed E-state index contributed by atoms with van der Waals surface area (Å²) in [5.41, 5.74) is 2.69. The summed E-state index contributed by atoms with van der Waals surface area (Å²) in [5.74, 6) is 0.691. The fourth-order valence-corrected chi connectivity index (χ4v) is 2.25. The first-order valence-electron chi connectivity index (χ1n) is 7.29. The van der Waals surface area contributed by atoms with Gasteiger partial charge in [-0.1, -0.05) is 42.8 Å². The van der Waals surface area contributed by atoms with E-state index in [9.17, 15) is 0 Å². The molecule has 1 heterocycles. The van der Waals surface area contributed by atoms with Gasteiger partial charge in [-0.3, -0.25) is 0 Å². The topological polar surface area (TPSA) is 66.5 Å². The Morgan fingerprint density at radius 1 is 1.15 bits per heavy atom. The van der Waals surface area contributed by atoms with Crippen molar-refractivity contribution < 1.29 is 0 Å². The maximum Gasteiger partial charge on any atom is 0.191 e. The van der Waals surface area contributed by atoms with Gasteiger partial charge in [-0.15, -0.1) is 10.2 Å². The van der Waals surface area contributed by atoms with E-state index in [0.29, 0.717) is 5.82 Å². The molecule has 2 atom stereocenters. The zero-order chi connectivity index (χ0) is 14.4. The van der Waals surface area contributed by atoms with Gasteiger partial charge in [0.15, 0.2) is 5.82 Å². The molecule has 1 aromatic carbocycles. The summed E-state index contributed by atoms with van der Waals surface area (Å²) in [4.78, 5) is 0. The first-order valence-corrected chi connectivity index (χ1v) is 7.29. The lowest BCUT2D eigenvalue weighted by molar-refractivity contribution is 0.477. The molecule has 0 aliphatic rings. The lowest BCUT2D eigenvalue weighted by Gasteiger charge is -2.18. The number of aryl methyl sites for hydroxylation is 1. The van der Waals surface area contributed by atoms with E-state index in [4.69, 9.17) is 0 Å². The number of rotatable bonds is 7. The summed E-state index contributed by atoms with van der Waals surface area (Å²) in [5, 5.41) is 17.5. The fraction of sp³-hybridized carbons (Fsp3) is 0.533. The molecule has 5 heteroatoms. The van der Waals surface area contributed by atoms with Crippen LogP contribution in [-0.4, -0.2) is 20.6 Å². The molecule has 108 valence electrons. The lowest BCUT2D eigenvalue weighted by atomic mass is 10.0. The highest BCUT2D eigenvalue weighted by atomic mass is 15.5. The van der Waals surface area contributed by atoms with Gasteiger partial charge in [-0.25, -0.2) is 0 Å². The predicted octanol–water partition coefficient (Wildman–Crippen LogP) is 2.95. The molecule has 2 unspecified atom stereocenters. The van der Waals surface area contributed by atoms with Crippen molar-refractivity contribution in [3.05, 3.63) is 41.2 Å². The van der Waals surface area contributed by atoms with Gasteiger partial charge in [0.2, 0.25) is 0 Å². The van der Waals surface area contributed by atoms with Gasteiger partial charge >= 0.3 is 0 Å². The van der Waals surface area contributed by atoms with Crippen molar-refractivity contribution in [3.8, 4) is 0 Å². The minimum absolute atomic E-state index is 0.0727. The molecule has 2 aromatic rings. The SMILES string of the molecule is CCCCc1ccc(C(C)NC(C)c2nn[nH]n2)cc1. The Bertz CT molecular complexity index is 491. The molecule has 0 spiro atoms. The zero-order valence-electron chi connectivity index (χ0n) is 12.4. The average molecular weight is 273 g/mol. The Kier molecular flexibility index (Phi) is 5.24. The van der Waals surface area contributed by atoms with Gasteiger partial charge in [0.1, 0.15) is 0 Å². The Morgan fingerprint density at radius 2 is 1.90 bits per heavy atom. The van der Waals surface area contributed by atoms with Gasteiger partial charge in [0.25, 0.3) is 0 Å². The molecule has 5 nitrogen and oxygen atoms in total. The third-order valence-electron chi connectivity index (χ3n) is 3.55. The van der Waals surface area contributed by atoms with E-state index in [1.807, 2.05) is 6.92 Å². The monoisotopic (exact) mass is 273 g/mol. The third-order valence-corrected chi connectivity index (χ3v) is 3.55. The van der Waals surface area contributed by atoms with Gasteiger partial charge in [-0.2, -0.15) is 5.21 Å². The van der Waals surface area contributed by atoms with E-state index >= 15 is 0 Å². The summed E-state index contributed by atoms with van der Waals surface area (Å²) in [6.07, 6.45) is 3.65. The van der Waals surface area contributed by atoms with Crippen LogP contribution in [0.25, 0.3) is 0 Å². The molecule has 2 N–H and O–H groups in total. The quantitative estimate of drug-likeness (QED) is 0.814. The van der Waals surface area contributed by atoms with Crippen LogP contribution >= 0.6 is 0 Å². The predicted molar refractivity (Wildman–Crippen MR) is 79.2 cm³/mol. The third kappa shape index (κ3) is 3.87. The van der Waals surface area contributed by atoms with Crippen LogP contribution in [0.4, 0.5) is 0 Å². The number of H-pyrrole nitrogens is 1. The highest BCUT2D eigenvalue weighted by molar-refractivity contribution is 5.25. The molecule has 1 aromatic heterocycles. The van der Waals surface area contributed by atoms with E-state index in [1.165, 1.54) is 24.0 Å². The van der Waals surface area contributed by atoms with E-state index in [-0.39, 0.29) is 12.1 Å². The Balaban J connectivity index is 1.93. The molecule has 0 aliphatic heterocycles. The molecule has 0 saturated carbocycles. The maximum atomic E-state index is 4.00. The van der Waals surface area contributed by atoms with Crippen LogP contribution in [-0.2, 0) is 6.42 Å². The van der Waals surface area contributed by atoms with Crippen molar-refractivity contribution in [2.75, 3.05) is 0 Å². The van der Waals surface area contributed by atoms with Gasteiger partial charge < -0.3 is 5.32 Å². The number of benzene rings is 1. The first kappa shape index (κ1) is 14.7. The fourth-order valence-electron chi connectivity index (χ4n) is 2.25. The number of unbranched alkanes of at least 4 members (excludes halogenated alkanes) is 1. The molecule has 0 bridgehead atoms. The Morgan fingerprint density at radius 3 is 2.50 bits per heavy atom. The number of hydrogen-bond donors (Lipinski definition) is 2. The number of hydrogen-bond acceptors (Lipinski definition) is 4. The van der Waals surface area contributed by atoms with Crippen molar-refractivity contribution >= 4 is 0 Å². The normalized spacial score (nSPS) is 14.2. The van der Waals surface area contributed by atoms with E-state index in [0.717, 1.165) is 6.42 Å². The molecular weight excluding hydrogens is 250 g/mol. The minimum atomic E-state index is 0.0727. The summed E-state index contributed by atoms with van der Waals surface area (Å²) in [6, 6.07) is 9.17. The molecular formula is C15H23N5. The summed E-state index contributed by atoms with van der Waals surface area (Å²) < 4.78 is 0. The number of aromatic nitrogens is 4. The smallest absolute Gasteiger partial charge is 0.191 e. The Hall–Kier alpha value is -1.75. The highest BCUT2D eigenvalue weighted by Crippen LogP contribution is 2.18. The Labute approximate surface area is 120 Å². The standard InChI is InChI=1S/C15H23N5/c1-4-5-6-13-7-9-14(10-8-13)11(2)16-12(3)15-17-19-20-18-15/h7-12,16H,4-6H2,1-3H3,(H,17,18,19,20). The number of nitrogens with one attached hydrogen (secondary N) is 2. The first-order chi connectivity index (χ1) is 9.70. The number of tetrazole rings is 1. The van der Waals surface area contributed by atoms with Gasteiger partial charge in [0, 0.05) is 6.04 Å². The molecule has 0 aliphatic carbocycles. The van der Waals surface area contributed by atoms with Gasteiger partial charge in [0.05, 0.1) is 6.04 Å². The van der Waals surface area contributed by atoms with Crippen LogP contribution in [0, 0.1) is 0 Å². The number of aromatic amines is 1. The van der Waals surface area contributed by atoms with E-state index < -0.39 is 0 Å². The minimum Gasteiger partial charge on any atom is -0.301 e. The van der Waals surface area contributed by atoms with Crippen LogP contribution in [0.2, 0.25) is 0 Å². The summed E-state index contributed by atoms with van der Waals surface area (Å²) in [6.45, 7) is 6.41. The van der Waals surface area contributed by atoms with Crippen LogP contribution in [0.1, 0.15) is 62.6 Å². The van der Waals surface area contributed by atoms with Crippen LogP contribution < -0.4 is 5.32 Å². The summed E-state index contributed by atoms with van der Waals surface area (Å²) >= 11 is 0. The zero-order valence-corrected chi connectivity index (χ0v) is 12.4.